The predicted octanol–water partition coefficient (Wildman–Crippen LogP) is 6.73. The van der Waals surface area contributed by atoms with Crippen LogP contribution in [0, 0.1) is 5.92 Å². The number of rotatable bonds is 8. The minimum Gasteiger partial charge on any atom is -0.361 e. The topological polar surface area (TPSA) is 34.6 Å². The van der Waals surface area contributed by atoms with Gasteiger partial charge in [0.1, 0.15) is 12.5 Å². The predicted molar refractivity (Wildman–Crippen MR) is 122 cm³/mol. The number of hydrogen-bond donors (Lipinski definition) is 0. The Hall–Kier alpha value is -1.61. The molecule has 1 aliphatic heterocycles. The molecule has 1 saturated carbocycles. The van der Waals surface area contributed by atoms with Crippen LogP contribution in [0.15, 0.2) is 36.5 Å². The Morgan fingerprint density at radius 2 is 1.94 bits per heavy atom. The lowest BCUT2D eigenvalue weighted by Gasteiger charge is -2.44. The molecule has 1 aromatic heterocycles. The molecule has 1 fully saturated rings. The van der Waals surface area contributed by atoms with E-state index in [9.17, 15) is 13.2 Å². The van der Waals surface area contributed by atoms with E-state index < -0.39 is 19.9 Å². The third-order valence-electron chi connectivity index (χ3n) is 5.90. The molecule has 0 bridgehead atoms. The fourth-order valence-electron chi connectivity index (χ4n) is 3.91. The molecular formula is C23H28ClF3N2O2Si. The highest BCUT2D eigenvalue weighted by atomic mass is 35.5. The average Bonchev–Trinajstić information content (AvgIpc) is 3.52. The van der Waals surface area contributed by atoms with Crippen LogP contribution in [-0.2, 0) is 15.1 Å². The van der Waals surface area contributed by atoms with E-state index in [2.05, 4.69) is 24.6 Å². The molecule has 0 amide bonds. The number of anilines is 2. The number of nitrogens with zero attached hydrogens (tertiary/aromatic N) is 2. The van der Waals surface area contributed by atoms with Crippen molar-refractivity contribution in [3.63, 3.8) is 0 Å². The van der Waals surface area contributed by atoms with Crippen molar-refractivity contribution in [2.45, 2.75) is 50.3 Å². The Kier molecular flexibility index (Phi) is 6.35. The van der Waals surface area contributed by atoms with Crippen molar-refractivity contribution in [1.82, 2.24) is 4.98 Å². The van der Waals surface area contributed by atoms with Crippen LogP contribution in [0.3, 0.4) is 0 Å². The van der Waals surface area contributed by atoms with Gasteiger partial charge in [-0.2, -0.15) is 13.2 Å². The first-order valence-corrected chi connectivity index (χ1v) is 14.9. The number of halogens is 4. The van der Waals surface area contributed by atoms with Gasteiger partial charge in [0, 0.05) is 37.0 Å². The molecule has 32 heavy (non-hydrogen) atoms. The van der Waals surface area contributed by atoms with E-state index in [0.717, 1.165) is 18.9 Å². The Morgan fingerprint density at radius 1 is 1.19 bits per heavy atom. The Labute approximate surface area is 192 Å². The SMILES string of the molecule is C[Si](C)(C)CCOCN1c2ccc(Cl)cc2C(OCC2CC2)(C(F)(F)F)c2cccnc21. The number of alkyl halides is 3. The molecule has 1 unspecified atom stereocenters. The smallest absolute Gasteiger partial charge is 0.361 e. The van der Waals surface area contributed by atoms with Crippen LogP contribution in [0.5, 0.6) is 0 Å². The molecule has 1 aromatic carbocycles. The van der Waals surface area contributed by atoms with E-state index in [1.165, 1.54) is 24.4 Å². The number of pyridine rings is 1. The maximum absolute atomic E-state index is 14.9. The summed E-state index contributed by atoms with van der Waals surface area (Å²) < 4.78 is 56.4. The van der Waals surface area contributed by atoms with Crippen LogP contribution < -0.4 is 4.90 Å². The van der Waals surface area contributed by atoms with Crippen molar-refractivity contribution in [2.75, 3.05) is 24.8 Å². The molecule has 0 spiro atoms. The molecule has 1 atom stereocenters. The van der Waals surface area contributed by atoms with Crippen molar-refractivity contribution >= 4 is 31.2 Å². The van der Waals surface area contributed by atoms with Gasteiger partial charge in [0.2, 0.25) is 5.60 Å². The summed E-state index contributed by atoms with van der Waals surface area (Å²) in [6.07, 6.45) is -1.44. The number of ether oxygens (including phenoxy) is 2. The second-order valence-electron chi connectivity index (χ2n) is 9.75. The molecule has 0 saturated heterocycles. The molecule has 4 nitrogen and oxygen atoms in total. The van der Waals surface area contributed by atoms with E-state index in [4.69, 9.17) is 21.1 Å². The molecule has 174 valence electrons. The summed E-state index contributed by atoms with van der Waals surface area (Å²) in [6.45, 7) is 7.42. The summed E-state index contributed by atoms with van der Waals surface area (Å²) in [5, 5.41) is 0.222. The molecule has 1 aliphatic carbocycles. The fourth-order valence-corrected chi connectivity index (χ4v) is 4.84. The zero-order valence-corrected chi connectivity index (χ0v) is 20.3. The Bertz CT molecular complexity index is 978. The van der Waals surface area contributed by atoms with Crippen LogP contribution in [0.2, 0.25) is 30.7 Å². The molecule has 4 rings (SSSR count). The second-order valence-corrected chi connectivity index (χ2v) is 15.8. The molecule has 0 N–H and O–H groups in total. The lowest BCUT2D eigenvalue weighted by Crippen LogP contribution is -2.50. The molecule has 2 aromatic rings. The van der Waals surface area contributed by atoms with Gasteiger partial charge in [-0.1, -0.05) is 37.3 Å². The normalized spacial score (nSPS) is 20.8. The minimum atomic E-state index is -4.70. The maximum atomic E-state index is 14.9. The third-order valence-corrected chi connectivity index (χ3v) is 7.84. The second kappa shape index (κ2) is 8.63. The summed E-state index contributed by atoms with van der Waals surface area (Å²) >= 11 is 6.20. The van der Waals surface area contributed by atoms with Crippen molar-refractivity contribution in [1.29, 1.82) is 0 Å². The average molecular weight is 485 g/mol. The number of benzene rings is 1. The molecule has 2 heterocycles. The minimum absolute atomic E-state index is 0.0209. The summed E-state index contributed by atoms with van der Waals surface area (Å²) in [6, 6.07) is 8.47. The number of hydrogen-bond acceptors (Lipinski definition) is 4. The summed E-state index contributed by atoms with van der Waals surface area (Å²) in [5.41, 5.74) is -2.33. The summed E-state index contributed by atoms with van der Waals surface area (Å²) in [4.78, 5) is 6.03. The molecule has 0 radical (unpaired) electrons. The van der Waals surface area contributed by atoms with Crippen LogP contribution in [0.1, 0.15) is 24.0 Å². The zero-order valence-electron chi connectivity index (χ0n) is 18.5. The van der Waals surface area contributed by atoms with Gasteiger partial charge < -0.3 is 14.4 Å². The van der Waals surface area contributed by atoms with Crippen molar-refractivity contribution in [2.24, 2.45) is 5.92 Å². The molecular weight excluding hydrogens is 457 g/mol. The van der Waals surface area contributed by atoms with E-state index in [-0.39, 0.29) is 41.2 Å². The van der Waals surface area contributed by atoms with Crippen molar-refractivity contribution in [3.8, 4) is 0 Å². The Morgan fingerprint density at radius 3 is 2.59 bits per heavy atom. The van der Waals surface area contributed by atoms with Gasteiger partial charge in [0.25, 0.3) is 0 Å². The fraction of sp³-hybridized carbons (Fsp3) is 0.522. The molecule has 9 heteroatoms. The van der Waals surface area contributed by atoms with Crippen LogP contribution in [-0.4, -0.2) is 39.2 Å². The third kappa shape index (κ3) is 4.55. The van der Waals surface area contributed by atoms with E-state index >= 15 is 0 Å². The van der Waals surface area contributed by atoms with Gasteiger partial charge in [-0.25, -0.2) is 4.98 Å². The van der Waals surface area contributed by atoms with Crippen molar-refractivity contribution in [3.05, 3.63) is 52.7 Å². The highest BCUT2D eigenvalue weighted by Gasteiger charge is 2.63. The van der Waals surface area contributed by atoms with Crippen molar-refractivity contribution < 1.29 is 22.6 Å². The quantitative estimate of drug-likeness (QED) is 0.307. The van der Waals surface area contributed by atoms with Crippen LogP contribution in [0.25, 0.3) is 0 Å². The van der Waals surface area contributed by atoms with Crippen LogP contribution in [0.4, 0.5) is 24.7 Å². The standard InChI is InChI=1S/C23H28ClF3N2O2Si/c1-32(2,3)12-11-30-15-29-20-9-8-17(24)13-19(20)22(23(25,26)27,31-14-16-6-7-16)18-5-4-10-28-21(18)29/h4-5,8-10,13,16H,6-7,11-12,14-15H2,1-3H3. The highest BCUT2D eigenvalue weighted by molar-refractivity contribution is 6.76. The Balaban J connectivity index is 1.79. The zero-order chi connectivity index (χ0) is 23.1. The van der Waals surface area contributed by atoms with Gasteiger partial charge in [0.05, 0.1) is 12.3 Å². The van der Waals surface area contributed by atoms with E-state index in [1.54, 1.807) is 17.0 Å². The summed E-state index contributed by atoms with van der Waals surface area (Å²) in [5.74, 6) is 0.350. The number of aromatic nitrogens is 1. The van der Waals surface area contributed by atoms with Gasteiger partial charge in [-0.05, 0) is 49.1 Å². The monoisotopic (exact) mass is 484 g/mol. The largest absolute Gasteiger partial charge is 0.426 e. The molecule has 2 aliphatic rings. The first-order chi connectivity index (χ1) is 15.0. The summed E-state index contributed by atoms with van der Waals surface area (Å²) in [7, 11) is -1.30. The maximum Gasteiger partial charge on any atom is 0.426 e. The van der Waals surface area contributed by atoms with Gasteiger partial charge in [0.15, 0.2) is 0 Å². The van der Waals surface area contributed by atoms with Gasteiger partial charge >= 0.3 is 6.18 Å². The van der Waals surface area contributed by atoms with E-state index in [0.29, 0.717) is 12.3 Å². The highest BCUT2D eigenvalue weighted by Crippen LogP contribution is 2.57. The lowest BCUT2D eigenvalue weighted by atomic mass is 9.81. The van der Waals surface area contributed by atoms with Gasteiger partial charge in [-0.3, -0.25) is 0 Å². The first-order valence-electron chi connectivity index (χ1n) is 10.8. The van der Waals surface area contributed by atoms with E-state index in [1.807, 2.05) is 0 Å². The lowest BCUT2D eigenvalue weighted by molar-refractivity contribution is -0.268. The number of fused-ring (bicyclic) bond motifs is 2. The van der Waals surface area contributed by atoms with Crippen LogP contribution >= 0.6 is 11.6 Å². The first kappa shape index (κ1) is 23.5. The van der Waals surface area contributed by atoms with Gasteiger partial charge in [-0.15, -0.1) is 0 Å².